The van der Waals surface area contributed by atoms with Crippen LogP contribution in [0.25, 0.3) is 0 Å². The van der Waals surface area contributed by atoms with Crippen LogP contribution < -0.4 is 0 Å². The van der Waals surface area contributed by atoms with Gasteiger partial charge in [0.1, 0.15) is 0 Å². The summed E-state index contributed by atoms with van der Waals surface area (Å²) in [4.78, 5) is 3.84. The van der Waals surface area contributed by atoms with E-state index in [1.165, 1.54) is 0 Å². The monoisotopic (exact) mass is 169 g/mol. The largest absolute Gasteiger partial charge is 0.265 e. The maximum Gasteiger partial charge on any atom is 0.242 e. The minimum absolute atomic E-state index is 0.0769. The van der Waals surface area contributed by atoms with E-state index in [2.05, 4.69) is 4.98 Å². The van der Waals surface area contributed by atoms with Crippen molar-refractivity contribution in [1.29, 1.82) is 0 Å². The number of aromatic nitrogens is 1. The van der Waals surface area contributed by atoms with Gasteiger partial charge < -0.3 is 0 Å². The van der Waals surface area contributed by atoms with E-state index in [1.807, 2.05) is 12.1 Å². The molecular weight excluding hydrogens is 160 g/mol. The highest BCUT2D eigenvalue weighted by Crippen LogP contribution is 2.50. The zero-order chi connectivity index (χ0) is 8.55. The van der Waals surface area contributed by atoms with Gasteiger partial charge in [0.15, 0.2) is 0 Å². The molecule has 1 aromatic rings. The minimum Gasteiger partial charge on any atom is -0.265 e. The molecule has 1 nitrogen and oxygen atoms in total. The standard InChI is InChI=1S/C9H9F2N/c10-9(11)8-5-7(8)6-1-3-12-4-2-6/h1-4,7-9H,5H2. The van der Waals surface area contributed by atoms with Crippen molar-refractivity contribution in [1.82, 2.24) is 4.98 Å². The highest BCUT2D eigenvalue weighted by Gasteiger charge is 2.44. The van der Waals surface area contributed by atoms with E-state index in [-0.39, 0.29) is 5.92 Å². The number of alkyl halides is 2. The molecule has 3 heteroatoms. The van der Waals surface area contributed by atoms with E-state index in [0.717, 1.165) is 5.56 Å². The van der Waals surface area contributed by atoms with Crippen molar-refractivity contribution in [3.05, 3.63) is 30.1 Å². The van der Waals surface area contributed by atoms with Gasteiger partial charge in [-0.2, -0.15) is 0 Å². The van der Waals surface area contributed by atoms with E-state index in [1.54, 1.807) is 12.4 Å². The van der Waals surface area contributed by atoms with Crippen LogP contribution in [0.4, 0.5) is 8.78 Å². The maximum atomic E-state index is 12.1. The fourth-order valence-corrected chi connectivity index (χ4v) is 1.49. The van der Waals surface area contributed by atoms with E-state index in [0.29, 0.717) is 6.42 Å². The summed E-state index contributed by atoms with van der Waals surface area (Å²) in [6, 6.07) is 3.63. The Morgan fingerprint density at radius 3 is 2.50 bits per heavy atom. The van der Waals surface area contributed by atoms with E-state index in [9.17, 15) is 8.78 Å². The molecule has 0 bridgehead atoms. The van der Waals surface area contributed by atoms with Gasteiger partial charge in [0.05, 0.1) is 0 Å². The molecule has 0 N–H and O–H groups in total. The Morgan fingerprint density at radius 1 is 1.33 bits per heavy atom. The molecule has 1 fully saturated rings. The molecule has 2 unspecified atom stereocenters. The van der Waals surface area contributed by atoms with Crippen LogP contribution in [0.3, 0.4) is 0 Å². The molecule has 1 aliphatic carbocycles. The third-order valence-corrected chi connectivity index (χ3v) is 2.30. The predicted octanol–water partition coefficient (Wildman–Crippen LogP) is 2.45. The van der Waals surface area contributed by atoms with E-state index >= 15 is 0 Å². The van der Waals surface area contributed by atoms with Crippen molar-refractivity contribution in [2.45, 2.75) is 18.8 Å². The summed E-state index contributed by atoms with van der Waals surface area (Å²) < 4.78 is 24.3. The molecule has 1 saturated carbocycles. The number of hydrogen-bond donors (Lipinski definition) is 0. The molecule has 12 heavy (non-hydrogen) atoms. The lowest BCUT2D eigenvalue weighted by atomic mass is 10.1. The third-order valence-electron chi connectivity index (χ3n) is 2.30. The first-order valence-electron chi connectivity index (χ1n) is 3.97. The molecular formula is C9H9F2N. The van der Waals surface area contributed by atoms with Crippen molar-refractivity contribution in [3.8, 4) is 0 Å². The average Bonchev–Trinajstić information content (AvgIpc) is 2.84. The fourth-order valence-electron chi connectivity index (χ4n) is 1.49. The van der Waals surface area contributed by atoms with Crippen LogP contribution in [0.5, 0.6) is 0 Å². The number of hydrogen-bond acceptors (Lipinski definition) is 1. The molecule has 1 aliphatic rings. The van der Waals surface area contributed by atoms with Crippen molar-refractivity contribution in [2.24, 2.45) is 5.92 Å². The Hall–Kier alpha value is -0.990. The van der Waals surface area contributed by atoms with Gasteiger partial charge in [-0.3, -0.25) is 4.98 Å². The van der Waals surface area contributed by atoms with Crippen LogP contribution in [-0.4, -0.2) is 11.4 Å². The summed E-state index contributed by atoms with van der Waals surface area (Å²) in [7, 11) is 0. The Morgan fingerprint density at radius 2 is 2.00 bits per heavy atom. The van der Waals surface area contributed by atoms with Crippen LogP contribution in [-0.2, 0) is 0 Å². The molecule has 0 saturated heterocycles. The topological polar surface area (TPSA) is 12.9 Å². The Bertz CT molecular complexity index is 260. The zero-order valence-electron chi connectivity index (χ0n) is 6.45. The normalized spacial score (nSPS) is 27.6. The van der Waals surface area contributed by atoms with Crippen molar-refractivity contribution >= 4 is 0 Å². The first-order valence-corrected chi connectivity index (χ1v) is 3.97. The second-order valence-electron chi connectivity index (χ2n) is 3.12. The highest BCUT2D eigenvalue weighted by atomic mass is 19.3. The molecule has 1 aromatic heterocycles. The summed E-state index contributed by atoms with van der Waals surface area (Å²) in [5, 5.41) is 0. The Labute approximate surface area is 69.4 Å². The van der Waals surface area contributed by atoms with Gasteiger partial charge in [-0.05, 0) is 30.0 Å². The van der Waals surface area contributed by atoms with Crippen LogP contribution >= 0.6 is 0 Å². The van der Waals surface area contributed by atoms with Gasteiger partial charge >= 0.3 is 0 Å². The van der Waals surface area contributed by atoms with Gasteiger partial charge in [0, 0.05) is 18.3 Å². The first-order chi connectivity index (χ1) is 5.79. The number of pyridine rings is 1. The lowest BCUT2D eigenvalue weighted by Gasteiger charge is -1.97. The summed E-state index contributed by atoms with van der Waals surface area (Å²) in [6.45, 7) is 0. The van der Waals surface area contributed by atoms with Crippen LogP contribution in [0, 0.1) is 5.92 Å². The van der Waals surface area contributed by atoms with Crippen LogP contribution in [0.1, 0.15) is 17.9 Å². The summed E-state index contributed by atoms with van der Waals surface area (Å²) >= 11 is 0. The average molecular weight is 169 g/mol. The Kier molecular flexibility index (Phi) is 1.79. The summed E-state index contributed by atoms with van der Waals surface area (Å²) in [5.41, 5.74) is 0.996. The van der Waals surface area contributed by atoms with Crippen LogP contribution in [0.15, 0.2) is 24.5 Å². The minimum atomic E-state index is -2.16. The molecule has 0 aromatic carbocycles. The van der Waals surface area contributed by atoms with Gasteiger partial charge in [-0.15, -0.1) is 0 Å². The van der Waals surface area contributed by atoms with Gasteiger partial charge in [0.25, 0.3) is 0 Å². The fraction of sp³-hybridized carbons (Fsp3) is 0.444. The third kappa shape index (κ3) is 1.31. The van der Waals surface area contributed by atoms with Gasteiger partial charge in [0.2, 0.25) is 6.43 Å². The molecule has 64 valence electrons. The lowest BCUT2D eigenvalue weighted by Crippen LogP contribution is -1.94. The molecule has 1 heterocycles. The molecule has 0 radical (unpaired) electrons. The predicted molar refractivity (Wildman–Crippen MR) is 41.1 cm³/mol. The van der Waals surface area contributed by atoms with Crippen molar-refractivity contribution < 1.29 is 8.78 Å². The van der Waals surface area contributed by atoms with Crippen LogP contribution in [0.2, 0.25) is 0 Å². The highest BCUT2D eigenvalue weighted by molar-refractivity contribution is 5.23. The second-order valence-corrected chi connectivity index (χ2v) is 3.12. The van der Waals surface area contributed by atoms with E-state index < -0.39 is 12.3 Å². The number of rotatable bonds is 2. The lowest BCUT2D eigenvalue weighted by molar-refractivity contribution is 0.120. The smallest absolute Gasteiger partial charge is 0.242 e. The Balaban J connectivity index is 2.06. The molecule has 0 aliphatic heterocycles. The maximum absolute atomic E-state index is 12.1. The summed E-state index contributed by atoms with van der Waals surface area (Å²) in [6.07, 6.45) is 1.76. The quantitative estimate of drug-likeness (QED) is 0.662. The number of nitrogens with zero attached hydrogens (tertiary/aromatic N) is 1. The van der Waals surface area contributed by atoms with Gasteiger partial charge in [-0.1, -0.05) is 0 Å². The first kappa shape index (κ1) is 7.65. The summed E-state index contributed by atoms with van der Waals surface area (Å²) in [5.74, 6) is -0.333. The molecule has 0 spiro atoms. The molecule has 2 rings (SSSR count). The molecule has 0 amide bonds. The SMILES string of the molecule is FC(F)C1CC1c1ccncc1. The van der Waals surface area contributed by atoms with Crippen molar-refractivity contribution in [2.75, 3.05) is 0 Å². The zero-order valence-corrected chi connectivity index (χ0v) is 6.45. The molecule has 2 atom stereocenters. The van der Waals surface area contributed by atoms with Gasteiger partial charge in [-0.25, -0.2) is 8.78 Å². The van der Waals surface area contributed by atoms with E-state index in [4.69, 9.17) is 0 Å². The van der Waals surface area contributed by atoms with Crippen molar-refractivity contribution in [3.63, 3.8) is 0 Å². The second kappa shape index (κ2) is 2.81. The number of halogens is 2.